The van der Waals surface area contributed by atoms with Crippen LogP contribution in [0.4, 0.5) is 14.5 Å². The standard InChI is InChI=1S/C13H16ClF2N3O3S/c1-23(21,22)18-10-3-2-8(14)6-9(10)12(20)19-5-4-13(15,16)11(17)7-19/h2-3,6,11,18H,4-5,7,17H2,1H3. The molecule has 10 heteroatoms. The molecule has 0 radical (unpaired) electrons. The van der Waals surface area contributed by atoms with E-state index in [9.17, 15) is 22.0 Å². The van der Waals surface area contributed by atoms with Gasteiger partial charge in [-0.3, -0.25) is 9.52 Å². The van der Waals surface area contributed by atoms with Crippen LogP contribution in [-0.4, -0.2) is 50.5 Å². The van der Waals surface area contributed by atoms with E-state index in [4.69, 9.17) is 17.3 Å². The molecular weight excluding hydrogens is 352 g/mol. The van der Waals surface area contributed by atoms with Crippen molar-refractivity contribution in [2.45, 2.75) is 18.4 Å². The number of rotatable bonds is 3. The van der Waals surface area contributed by atoms with Crippen molar-refractivity contribution >= 4 is 33.2 Å². The molecule has 2 rings (SSSR count). The van der Waals surface area contributed by atoms with Crippen molar-refractivity contribution in [3.05, 3.63) is 28.8 Å². The molecule has 0 bridgehead atoms. The first kappa shape index (κ1) is 17.9. The van der Waals surface area contributed by atoms with E-state index < -0.39 is 34.3 Å². The topological polar surface area (TPSA) is 92.5 Å². The van der Waals surface area contributed by atoms with Gasteiger partial charge >= 0.3 is 0 Å². The SMILES string of the molecule is CS(=O)(=O)Nc1ccc(Cl)cc1C(=O)N1CCC(F)(F)C(N)C1. The van der Waals surface area contributed by atoms with Crippen LogP contribution in [0.3, 0.4) is 0 Å². The van der Waals surface area contributed by atoms with Gasteiger partial charge in [-0.15, -0.1) is 0 Å². The van der Waals surface area contributed by atoms with Crippen molar-refractivity contribution in [3.63, 3.8) is 0 Å². The number of nitrogens with one attached hydrogen (secondary N) is 1. The summed E-state index contributed by atoms with van der Waals surface area (Å²) < 4.78 is 51.8. The second-order valence-corrected chi connectivity index (χ2v) is 7.62. The van der Waals surface area contributed by atoms with Crippen LogP contribution in [0.1, 0.15) is 16.8 Å². The summed E-state index contributed by atoms with van der Waals surface area (Å²) in [6.07, 6.45) is 0.391. The average Bonchev–Trinajstić information content (AvgIpc) is 2.42. The predicted molar refractivity (Wildman–Crippen MR) is 83.4 cm³/mol. The number of likely N-dealkylation sites (tertiary alicyclic amines) is 1. The maximum absolute atomic E-state index is 13.4. The molecule has 1 saturated heterocycles. The third-order valence-corrected chi connectivity index (χ3v) is 4.29. The monoisotopic (exact) mass is 367 g/mol. The van der Waals surface area contributed by atoms with Gasteiger partial charge in [-0.25, -0.2) is 17.2 Å². The number of anilines is 1. The Bertz CT molecular complexity index is 727. The minimum absolute atomic E-state index is 0.0136. The van der Waals surface area contributed by atoms with Gasteiger partial charge in [0.15, 0.2) is 0 Å². The lowest BCUT2D eigenvalue weighted by Crippen LogP contribution is -2.56. The van der Waals surface area contributed by atoms with Gasteiger partial charge in [0.1, 0.15) is 0 Å². The molecule has 23 heavy (non-hydrogen) atoms. The highest BCUT2D eigenvalue weighted by atomic mass is 35.5. The lowest BCUT2D eigenvalue weighted by atomic mass is 10.0. The van der Waals surface area contributed by atoms with Crippen molar-refractivity contribution in [2.75, 3.05) is 24.1 Å². The van der Waals surface area contributed by atoms with Crippen LogP contribution in [-0.2, 0) is 10.0 Å². The van der Waals surface area contributed by atoms with Crippen molar-refractivity contribution in [1.82, 2.24) is 4.90 Å². The van der Waals surface area contributed by atoms with Crippen LogP contribution in [0.15, 0.2) is 18.2 Å². The van der Waals surface area contributed by atoms with Crippen LogP contribution in [0.5, 0.6) is 0 Å². The van der Waals surface area contributed by atoms with E-state index in [0.29, 0.717) is 0 Å². The molecule has 0 aromatic heterocycles. The lowest BCUT2D eigenvalue weighted by molar-refractivity contribution is -0.0662. The molecule has 3 N–H and O–H groups in total. The minimum Gasteiger partial charge on any atom is -0.337 e. The molecule has 1 atom stereocenters. The number of hydrogen-bond acceptors (Lipinski definition) is 4. The number of halogens is 3. The molecule has 1 heterocycles. The van der Waals surface area contributed by atoms with Crippen LogP contribution in [0.25, 0.3) is 0 Å². The maximum atomic E-state index is 13.4. The zero-order valence-electron chi connectivity index (χ0n) is 12.2. The third-order valence-electron chi connectivity index (χ3n) is 3.47. The van der Waals surface area contributed by atoms with Crippen LogP contribution < -0.4 is 10.5 Å². The molecule has 0 spiro atoms. The third kappa shape index (κ3) is 4.30. The normalized spacial score (nSPS) is 21.1. The van der Waals surface area contributed by atoms with E-state index in [1.54, 1.807) is 0 Å². The number of benzene rings is 1. The van der Waals surface area contributed by atoms with E-state index in [2.05, 4.69) is 4.72 Å². The largest absolute Gasteiger partial charge is 0.337 e. The summed E-state index contributed by atoms with van der Waals surface area (Å²) in [5, 5.41) is 0.221. The lowest BCUT2D eigenvalue weighted by Gasteiger charge is -2.36. The minimum atomic E-state index is -3.61. The number of nitrogens with two attached hydrogens (primary N) is 1. The Balaban J connectivity index is 2.30. The van der Waals surface area contributed by atoms with Gasteiger partial charge in [0.25, 0.3) is 11.8 Å². The number of amides is 1. The summed E-state index contributed by atoms with van der Waals surface area (Å²) in [6.45, 7) is -0.499. The summed E-state index contributed by atoms with van der Waals surface area (Å²) in [5.74, 6) is -3.64. The molecule has 1 aliphatic heterocycles. The van der Waals surface area contributed by atoms with Crippen molar-refractivity contribution in [1.29, 1.82) is 0 Å². The fourth-order valence-corrected chi connectivity index (χ4v) is 3.02. The molecule has 6 nitrogen and oxygen atoms in total. The van der Waals surface area contributed by atoms with Gasteiger partial charge in [0.2, 0.25) is 10.0 Å². The first-order valence-electron chi connectivity index (χ1n) is 6.69. The van der Waals surface area contributed by atoms with Crippen LogP contribution in [0.2, 0.25) is 5.02 Å². The van der Waals surface area contributed by atoms with E-state index in [1.165, 1.54) is 23.1 Å². The van der Waals surface area contributed by atoms with E-state index in [1.807, 2.05) is 0 Å². The highest BCUT2D eigenvalue weighted by Gasteiger charge is 2.43. The quantitative estimate of drug-likeness (QED) is 0.847. The molecule has 1 fully saturated rings. The Kier molecular flexibility index (Phi) is 4.84. The predicted octanol–water partition coefficient (Wildman–Crippen LogP) is 1.52. The summed E-state index contributed by atoms with van der Waals surface area (Å²) >= 11 is 5.85. The van der Waals surface area contributed by atoms with Gasteiger partial charge in [0, 0.05) is 24.5 Å². The van der Waals surface area contributed by atoms with Crippen molar-refractivity contribution in [3.8, 4) is 0 Å². The van der Waals surface area contributed by atoms with Gasteiger partial charge in [-0.05, 0) is 18.2 Å². The number of carbonyl (C=O) groups is 1. The molecule has 1 aliphatic rings. The fourth-order valence-electron chi connectivity index (χ4n) is 2.27. The number of hydrogen-bond donors (Lipinski definition) is 2. The smallest absolute Gasteiger partial charge is 0.266 e. The Labute approximate surface area is 137 Å². The Morgan fingerprint density at radius 3 is 2.70 bits per heavy atom. The molecule has 1 amide bonds. The van der Waals surface area contributed by atoms with Crippen molar-refractivity contribution < 1.29 is 22.0 Å². The molecule has 1 aromatic carbocycles. The van der Waals surface area contributed by atoms with E-state index >= 15 is 0 Å². The highest BCUT2D eigenvalue weighted by Crippen LogP contribution is 2.29. The molecular formula is C13H16ClF2N3O3S. The van der Waals surface area contributed by atoms with Gasteiger partial charge < -0.3 is 10.6 Å². The Morgan fingerprint density at radius 2 is 2.13 bits per heavy atom. The molecule has 0 saturated carbocycles. The first-order valence-corrected chi connectivity index (χ1v) is 8.96. The second-order valence-electron chi connectivity index (χ2n) is 5.43. The zero-order valence-corrected chi connectivity index (χ0v) is 13.8. The average molecular weight is 368 g/mol. The zero-order chi connectivity index (χ0) is 17.4. The number of nitrogens with zero attached hydrogens (tertiary/aromatic N) is 1. The number of carbonyl (C=O) groups excluding carboxylic acids is 1. The maximum Gasteiger partial charge on any atom is 0.266 e. The summed E-state index contributed by atoms with van der Waals surface area (Å²) in [7, 11) is -3.61. The number of sulfonamides is 1. The van der Waals surface area contributed by atoms with Gasteiger partial charge in [-0.2, -0.15) is 0 Å². The second kappa shape index (κ2) is 6.21. The van der Waals surface area contributed by atoms with Crippen LogP contribution in [0, 0.1) is 0 Å². The molecule has 128 valence electrons. The Hall–Kier alpha value is -1.45. The molecule has 0 aliphatic carbocycles. The summed E-state index contributed by atoms with van der Waals surface area (Å²) in [4.78, 5) is 13.7. The van der Waals surface area contributed by atoms with Crippen LogP contribution >= 0.6 is 11.6 Å². The summed E-state index contributed by atoms with van der Waals surface area (Å²) in [5.41, 5.74) is 5.43. The van der Waals surface area contributed by atoms with Crippen molar-refractivity contribution in [2.24, 2.45) is 5.73 Å². The number of piperidine rings is 1. The first-order chi connectivity index (χ1) is 10.5. The Morgan fingerprint density at radius 1 is 1.48 bits per heavy atom. The van der Waals surface area contributed by atoms with E-state index in [-0.39, 0.29) is 29.4 Å². The van der Waals surface area contributed by atoms with Gasteiger partial charge in [-0.1, -0.05) is 11.6 Å². The fraction of sp³-hybridized carbons (Fsp3) is 0.462. The highest BCUT2D eigenvalue weighted by molar-refractivity contribution is 7.92. The van der Waals surface area contributed by atoms with Gasteiger partial charge in [0.05, 0.1) is 23.5 Å². The molecule has 1 aromatic rings. The summed E-state index contributed by atoms with van der Waals surface area (Å²) in [6, 6.07) is 2.58. The molecule has 1 unspecified atom stereocenters. The number of alkyl halides is 2. The van der Waals surface area contributed by atoms with E-state index in [0.717, 1.165) is 6.26 Å².